The van der Waals surface area contributed by atoms with Crippen molar-refractivity contribution in [3.63, 3.8) is 0 Å². The molecule has 0 radical (unpaired) electrons. The number of H-pyrrole nitrogens is 1. The fourth-order valence-electron chi connectivity index (χ4n) is 1.56. The number of aryl methyl sites for hydroxylation is 2. The van der Waals surface area contributed by atoms with Crippen molar-refractivity contribution in [3.8, 4) is 0 Å². The highest BCUT2D eigenvalue weighted by atomic mass is 15.1. The van der Waals surface area contributed by atoms with E-state index in [9.17, 15) is 0 Å². The first-order chi connectivity index (χ1) is 7.27. The van der Waals surface area contributed by atoms with Gasteiger partial charge in [-0.1, -0.05) is 0 Å². The van der Waals surface area contributed by atoms with Crippen molar-refractivity contribution in [1.29, 1.82) is 0 Å². The minimum absolute atomic E-state index is 0.0177. The first-order valence-electron chi connectivity index (χ1n) is 5.01. The van der Waals surface area contributed by atoms with Crippen LogP contribution >= 0.6 is 0 Å². The van der Waals surface area contributed by atoms with Crippen LogP contribution in [0, 0.1) is 0 Å². The summed E-state index contributed by atoms with van der Waals surface area (Å²) < 4.78 is 2.06. The first-order valence-corrected chi connectivity index (χ1v) is 5.01. The van der Waals surface area contributed by atoms with Gasteiger partial charge in [0, 0.05) is 37.6 Å². The summed E-state index contributed by atoms with van der Waals surface area (Å²) in [6.07, 6.45) is 8.07. The predicted octanol–water partition coefficient (Wildman–Crippen LogP) is 0.869. The average Bonchev–Trinajstić information content (AvgIpc) is 2.86. The maximum Gasteiger partial charge on any atom is 0.107 e. The molecule has 0 amide bonds. The SMILES string of the molecule is C[C@@H](N)c1cncn1CCc1ncc[nH]1. The molecule has 3 N–H and O–H groups in total. The van der Waals surface area contributed by atoms with Crippen molar-refractivity contribution in [3.05, 3.63) is 36.4 Å². The van der Waals surface area contributed by atoms with E-state index in [0.29, 0.717) is 0 Å². The minimum Gasteiger partial charge on any atom is -0.349 e. The van der Waals surface area contributed by atoms with E-state index >= 15 is 0 Å². The number of nitrogens with zero attached hydrogens (tertiary/aromatic N) is 3. The summed E-state index contributed by atoms with van der Waals surface area (Å²) in [5.41, 5.74) is 6.88. The molecular weight excluding hydrogens is 190 g/mol. The van der Waals surface area contributed by atoms with E-state index in [-0.39, 0.29) is 6.04 Å². The van der Waals surface area contributed by atoms with Gasteiger partial charge in [0.25, 0.3) is 0 Å². The maximum absolute atomic E-state index is 5.82. The molecule has 0 aliphatic rings. The Bertz CT molecular complexity index is 401. The van der Waals surface area contributed by atoms with Crippen molar-refractivity contribution >= 4 is 0 Å². The molecule has 2 aromatic heterocycles. The van der Waals surface area contributed by atoms with Crippen LogP contribution in [0.1, 0.15) is 24.5 Å². The van der Waals surface area contributed by atoms with Gasteiger partial charge in [-0.15, -0.1) is 0 Å². The molecule has 5 heteroatoms. The normalized spacial score (nSPS) is 12.9. The molecule has 2 heterocycles. The number of hydrogen-bond donors (Lipinski definition) is 2. The Morgan fingerprint density at radius 3 is 3.13 bits per heavy atom. The molecule has 80 valence electrons. The summed E-state index contributed by atoms with van der Waals surface area (Å²) in [6, 6.07) is 0.0177. The molecule has 0 aliphatic carbocycles. The zero-order valence-electron chi connectivity index (χ0n) is 8.72. The lowest BCUT2D eigenvalue weighted by atomic mass is 10.2. The summed E-state index contributed by atoms with van der Waals surface area (Å²) in [7, 11) is 0. The number of aromatic amines is 1. The molecule has 0 spiro atoms. The molecular formula is C10H15N5. The summed E-state index contributed by atoms with van der Waals surface area (Å²) in [6.45, 7) is 2.81. The van der Waals surface area contributed by atoms with Gasteiger partial charge < -0.3 is 15.3 Å². The third kappa shape index (κ3) is 2.24. The van der Waals surface area contributed by atoms with Gasteiger partial charge in [-0.3, -0.25) is 0 Å². The quantitative estimate of drug-likeness (QED) is 0.777. The molecule has 0 saturated carbocycles. The highest BCUT2D eigenvalue weighted by Gasteiger charge is 2.06. The van der Waals surface area contributed by atoms with Crippen LogP contribution in [0.15, 0.2) is 24.9 Å². The Morgan fingerprint density at radius 1 is 1.60 bits per heavy atom. The largest absolute Gasteiger partial charge is 0.349 e. The fourth-order valence-corrected chi connectivity index (χ4v) is 1.56. The standard InChI is InChI=1S/C10H15N5/c1-8(11)9-6-12-7-15(9)5-2-10-13-3-4-14-10/h3-4,6-8H,2,5,11H2,1H3,(H,13,14)/t8-/m1/s1. The predicted molar refractivity (Wildman–Crippen MR) is 57.1 cm³/mol. The van der Waals surface area contributed by atoms with E-state index < -0.39 is 0 Å². The molecule has 0 aliphatic heterocycles. The van der Waals surface area contributed by atoms with Crippen LogP contribution in [0.3, 0.4) is 0 Å². The maximum atomic E-state index is 5.82. The van der Waals surface area contributed by atoms with Crippen LogP contribution in [-0.2, 0) is 13.0 Å². The highest BCUT2D eigenvalue weighted by Crippen LogP contribution is 2.09. The lowest BCUT2D eigenvalue weighted by Gasteiger charge is -2.09. The van der Waals surface area contributed by atoms with Crippen molar-refractivity contribution in [2.45, 2.75) is 25.9 Å². The van der Waals surface area contributed by atoms with Crippen molar-refractivity contribution in [1.82, 2.24) is 19.5 Å². The molecule has 2 rings (SSSR count). The lowest BCUT2D eigenvalue weighted by molar-refractivity contribution is 0.614. The Hall–Kier alpha value is -1.62. The third-order valence-corrected chi connectivity index (χ3v) is 2.36. The van der Waals surface area contributed by atoms with Crippen LogP contribution in [0.5, 0.6) is 0 Å². The molecule has 0 unspecified atom stereocenters. The van der Waals surface area contributed by atoms with Crippen LogP contribution in [0.2, 0.25) is 0 Å². The second-order valence-electron chi connectivity index (χ2n) is 3.59. The van der Waals surface area contributed by atoms with E-state index in [1.807, 2.05) is 25.6 Å². The molecule has 15 heavy (non-hydrogen) atoms. The van der Waals surface area contributed by atoms with Gasteiger partial charge in [0.05, 0.1) is 12.0 Å². The molecule has 5 nitrogen and oxygen atoms in total. The van der Waals surface area contributed by atoms with Gasteiger partial charge in [-0.05, 0) is 6.92 Å². The Morgan fingerprint density at radius 2 is 2.47 bits per heavy atom. The first kappa shape index (κ1) is 9.92. The van der Waals surface area contributed by atoms with Crippen molar-refractivity contribution < 1.29 is 0 Å². The molecule has 2 aromatic rings. The number of imidazole rings is 2. The number of aromatic nitrogens is 4. The Labute approximate surface area is 88.4 Å². The summed E-state index contributed by atoms with van der Waals surface area (Å²) >= 11 is 0. The Balaban J connectivity index is 2.02. The highest BCUT2D eigenvalue weighted by molar-refractivity contribution is 5.03. The third-order valence-electron chi connectivity index (χ3n) is 2.36. The van der Waals surface area contributed by atoms with Gasteiger partial charge in [0.1, 0.15) is 5.82 Å². The van der Waals surface area contributed by atoms with Gasteiger partial charge in [-0.2, -0.15) is 0 Å². The molecule has 0 bridgehead atoms. The van der Waals surface area contributed by atoms with Crippen LogP contribution in [0.4, 0.5) is 0 Å². The fraction of sp³-hybridized carbons (Fsp3) is 0.400. The summed E-state index contributed by atoms with van der Waals surface area (Å²) in [4.78, 5) is 11.3. The molecule has 0 fully saturated rings. The zero-order chi connectivity index (χ0) is 10.7. The van der Waals surface area contributed by atoms with E-state index in [2.05, 4.69) is 19.5 Å². The number of hydrogen-bond acceptors (Lipinski definition) is 3. The van der Waals surface area contributed by atoms with E-state index in [0.717, 1.165) is 24.5 Å². The van der Waals surface area contributed by atoms with Gasteiger partial charge in [-0.25, -0.2) is 9.97 Å². The number of nitrogens with two attached hydrogens (primary N) is 1. The van der Waals surface area contributed by atoms with E-state index in [1.54, 1.807) is 6.20 Å². The second-order valence-corrected chi connectivity index (χ2v) is 3.59. The monoisotopic (exact) mass is 205 g/mol. The lowest BCUT2D eigenvalue weighted by Crippen LogP contribution is -2.13. The van der Waals surface area contributed by atoms with Crippen LogP contribution in [0.25, 0.3) is 0 Å². The summed E-state index contributed by atoms with van der Waals surface area (Å²) in [5, 5.41) is 0. The number of rotatable bonds is 4. The molecule has 0 aromatic carbocycles. The van der Waals surface area contributed by atoms with E-state index in [4.69, 9.17) is 5.73 Å². The Kier molecular flexibility index (Phi) is 2.82. The van der Waals surface area contributed by atoms with Gasteiger partial charge in [0.2, 0.25) is 0 Å². The molecule has 1 atom stereocenters. The van der Waals surface area contributed by atoms with Crippen LogP contribution in [-0.4, -0.2) is 19.5 Å². The van der Waals surface area contributed by atoms with Crippen molar-refractivity contribution in [2.75, 3.05) is 0 Å². The average molecular weight is 205 g/mol. The second kappa shape index (κ2) is 4.27. The summed E-state index contributed by atoms with van der Waals surface area (Å²) in [5.74, 6) is 0.985. The smallest absolute Gasteiger partial charge is 0.107 e. The van der Waals surface area contributed by atoms with E-state index in [1.165, 1.54) is 0 Å². The van der Waals surface area contributed by atoms with Crippen molar-refractivity contribution in [2.24, 2.45) is 5.73 Å². The van der Waals surface area contributed by atoms with Gasteiger partial charge in [0.15, 0.2) is 0 Å². The topological polar surface area (TPSA) is 72.5 Å². The zero-order valence-corrected chi connectivity index (χ0v) is 8.72. The van der Waals surface area contributed by atoms with Gasteiger partial charge >= 0.3 is 0 Å². The number of nitrogens with one attached hydrogen (secondary N) is 1. The minimum atomic E-state index is 0.0177. The van der Waals surface area contributed by atoms with Crippen LogP contribution < -0.4 is 5.73 Å². The molecule has 0 saturated heterocycles.